The van der Waals surface area contributed by atoms with Crippen LogP contribution >= 0.6 is 11.8 Å². The lowest BCUT2D eigenvalue weighted by molar-refractivity contribution is -0.138. The number of likely N-dealkylation sites (tertiary alicyclic amines) is 1. The number of carbonyl (C=O) groups is 3. The molecule has 2 N–H and O–H groups in total. The van der Waals surface area contributed by atoms with Crippen LogP contribution in [0.3, 0.4) is 0 Å². The van der Waals surface area contributed by atoms with E-state index in [0.717, 1.165) is 44.0 Å². The van der Waals surface area contributed by atoms with Gasteiger partial charge in [0.1, 0.15) is 6.54 Å². The Morgan fingerprint density at radius 1 is 1.23 bits per heavy atom. The number of rotatable bonds is 14. The van der Waals surface area contributed by atoms with Gasteiger partial charge in [-0.1, -0.05) is 13.8 Å². The third kappa shape index (κ3) is 11.9. The minimum Gasteiger partial charge on any atom is -0.480 e. The number of amides is 2. The fourth-order valence-electron chi connectivity index (χ4n) is 2.98. The molecule has 31 heavy (non-hydrogen) atoms. The smallest absolute Gasteiger partial charge is 0.480 e. The first kappa shape index (κ1) is 29.9. The van der Waals surface area contributed by atoms with E-state index in [-0.39, 0.29) is 18.4 Å². The van der Waals surface area contributed by atoms with Gasteiger partial charge in [-0.25, -0.2) is 0 Å². The normalized spacial score (nSPS) is 15.8. The van der Waals surface area contributed by atoms with Gasteiger partial charge in [0.15, 0.2) is 0 Å². The van der Waals surface area contributed by atoms with E-state index < -0.39 is 14.8 Å². The summed E-state index contributed by atoms with van der Waals surface area (Å²) in [6, 6.07) is 1.18. The first-order chi connectivity index (χ1) is 14.7. The molecule has 0 aliphatic carbocycles. The number of carboxylic acid groups (broad SMARTS) is 1. The van der Waals surface area contributed by atoms with E-state index in [2.05, 4.69) is 19.2 Å². The molecule has 1 rings (SSSR count). The minimum atomic E-state index is -2.50. The highest BCUT2D eigenvalue weighted by molar-refractivity contribution is 7.99. The van der Waals surface area contributed by atoms with Gasteiger partial charge in [-0.15, -0.1) is 0 Å². The van der Waals surface area contributed by atoms with Crippen LogP contribution in [0.2, 0.25) is 6.04 Å². The van der Waals surface area contributed by atoms with E-state index in [1.54, 1.807) is 40.0 Å². The number of hydrogen-bond acceptors (Lipinski definition) is 7. The average molecular weight is 481 g/mol. The summed E-state index contributed by atoms with van der Waals surface area (Å²) in [7, 11) is 2.25. The third-order valence-electron chi connectivity index (χ3n) is 5.17. The second-order valence-electron chi connectivity index (χ2n) is 7.43. The summed E-state index contributed by atoms with van der Waals surface area (Å²) >= 11 is 1.64. The first-order valence-corrected chi connectivity index (χ1v) is 13.8. The summed E-state index contributed by atoms with van der Waals surface area (Å²) in [6.07, 6.45) is 3.77. The Kier molecular flexibility index (Phi) is 15.9. The first-order valence-electron chi connectivity index (χ1n) is 10.7. The van der Waals surface area contributed by atoms with Crippen molar-refractivity contribution in [2.75, 3.05) is 45.9 Å². The van der Waals surface area contributed by atoms with Crippen LogP contribution < -0.4 is 5.32 Å². The van der Waals surface area contributed by atoms with Crippen LogP contribution in [0.25, 0.3) is 0 Å². The predicted molar refractivity (Wildman–Crippen MR) is 124 cm³/mol. The molecule has 182 valence electrons. The maximum Gasteiger partial charge on any atom is 0.500 e. The molecule has 11 heteroatoms. The van der Waals surface area contributed by atoms with E-state index in [1.165, 1.54) is 0 Å². The van der Waals surface area contributed by atoms with Crippen molar-refractivity contribution in [3.05, 3.63) is 0 Å². The number of nitrogens with zero attached hydrogens (tertiary/aromatic N) is 1. The van der Waals surface area contributed by atoms with Crippen molar-refractivity contribution in [1.29, 1.82) is 0 Å². The Morgan fingerprint density at radius 3 is 2.29 bits per heavy atom. The minimum absolute atomic E-state index is 0.219. The third-order valence-corrected chi connectivity index (χ3v) is 9.31. The highest BCUT2D eigenvalue weighted by Gasteiger charge is 2.36. The van der Waals surface area contributed by atoms with Crippen molar-refractivity contribution < 1.29 is 32.8 Å². The Bertz CT molecular complexity index is 541. The molecule has 0 aromatic heterocycles. The van der Waals surface area contributed by atoms with E-state index in [0.29, 0.717) is 17.7 Å². The lowest BCUT2D eigenvalue weighted by Gasteiger charge is -2.24. The zero-order valence-corrected chi connectivity index (χ0v) is 21.6. The fourth-order valence-corrected chi connectivity index (χ4v) is 5.97. The molecule has 1 aliphatic heterocycles. The highest BCUT2D eigenvalue weighted by Crippen LogP contribution is 2.18. The van der Waals surface area contributed by atoms with Gasteiger partial charge in [0.25, 0.3) is 0 Å². The van der Waals surface area contributed by atoms with Crippen LogP contribution in [0, 0.1) is 5.92 Å². The van der Waals surface area contributed by atoms with Gasteiger partial charge < -0.3 is 28.6 Å². The van der Waals surface area contributed by atoms with Crippen molar-refractivity contribution in [1.82, 2.24) is 10.2 Å². The second-order valence-corrected chi connectivity index (χ2v) is 11.7. The van der Waals surface area contributed by atoms with Crippen LogP contribution in [-0.2, 0) is 27.7 Å². The molecule has 0 aromatic carbocycles. The van der Waals surface area contributed by atoms with Gasteiger partial charge in [-0.05, 0) is 31.9 Å². The van der Waals surface area contributed by atoms with Crippen molar-refractivity contribution in [2.24, 2.45) is 5.92 Å². The van der Waals surface area contributed by atoms with Crippen LogP contribution in [-0.4, -0.2) is 88.6 Å². The molecule has 0 saturated carbocycles. The molecule has 2 atom stereocenters. The quantitative estimate of drug-likeness (QED) is 0.287. The van der Waals surface area contributed by atoms with E-state index in [4.69, 9.17) is 18.4 Å². The Morgan fingerprint density at radius 2 is 1.84 bits per heavy atom. The number of carboxylic acids is 1. The molecule has 9 nitrogen and oxygen atoms in total. The molecule has 0 aromatic rings. The summed E-state index contributed by atoms with van der Waals surface area (Å²) in [6.45, 7) is 6.66. The molecule has 1 heterocycles. The van der Waals surface area contributed by atoms with Crippen molar-refractivity contribution >= 4 is 38.3 Å². The van der Waals surface area contributed by atoms with E-state index >= 15 is 0 Å². The van der Waals surface area contributed by atoms with Gasteiger partial charge in [0.2, 0.25) is 11.8 Å². The van der Waals surface area contributed by atoms with E-state index in [9.17, 15) is 14.4 Å². The molecule has 0 radical (unpaired) electrons. The summed E-state index contributed by atoms with van der Waals surface area (Å²) in [5.74, 6) is 0.356. The van der Waals surface area contributed by atoms with Gasteiger partial charge in [0, 0.05) is 58.1 Å². The molecular weight excluding hydrogens is 440 g/mol. The Labute approximate surface area is 191 Å². The number of thioether (sulfide) groups is 1. The molecule has 2 unspecified atom stereocenters. The molecule has 0 bridgehead atoms. The molecule has 1 fully saturated rings. The molecular formula is C20H40N2O7SSi. The number of hydrogen-bond donors (Lipinski definition) is 2. The summed E-state index contributed by atoms with van der Waals surface area (Å²) in [4.78, 5) is 35.0. The monoisotopic (exact) mass is 480 g/mol. The van der Waals surface area contributed by atoms with Crippen LogP contribution in [0.5, 0.6) is 0 Å². The van der Waals surface area contributed by atoms with Gasteiger partial charge in [-0.2, -0.15) is 11.8 Å². The van der Waals surface area contributed by atoms with Crippen LogP contribution in [0.15, 0.2) is 0 Å². The second kappa shape index (κ2) is 16.5. The predicted octanol–water partition coefficient (Wildman–Crippen LogP) is 2.23. The number of nitrogens with one attached hydrogen (secondary N) is 1. The van der Waals surface area contributed by atoms with Crippen molar-refractivity contribution in [3.8, 4) is 0 Å². The SMILES string of the molecule is CCC(C)N1CCCC1=O.CO[Si](CCCSCC(C)C(=O)NCC(=O)O)(OC)OC. The van der Waals surface area contributed by atoms with Crippen molar-refractivity contribution in [3.63, 3.8) is 0 Å². The van der Waals surface area contributed by atoms with Gasteiger partial charge >= 0.3 is 14.8 Å². The largest absolute Gasteiger partial charge is 0.500 e. The summed E-state index contributed by atoms with van der Waals surface area (Å²) in [5, 5.41) is 10.9. The highest BCUT2D eigenvalue weighted by atomic mass is 32.2. The molecule has 0 spiro atoms. The summed E-state index contributed by atoms with van der Waals surface area (Å²) in [5.41, 5.74) is 0. The average Bonchev–Trinajstić information content (AvgIpc) is 3.20. The molecule has 2 amide bonds. The summed E-state index contributed by atoms with van der Waals surface area (Å²) < 4.78 is 16.0. The maximum absolute atomic E-state index is 11.6. The topological polar surface area (TPSA) is 114 Å². The fraction of sp³-hybridized carbons (Fsp3) is 0.850. The Balaban J connectivity index is 0.000000743. The lowest BCUT2D eigenvalue weighted by Crippen LogP contribution is -2.42. The van der Waals surface area contributed by atoms with Crippen LogP contribution in [0.4, 0.5) is 0 Å². The van der Waals surface area contributed by atoms with Crippen molar-refractivity contribution in [2.45, 2.75) is 58.5 Å². The van der Waals surface area contributed by atoms with Gasteiger partial charge in [-0.3, -0.25) is 14.4 Å². The number of carbonyl (C=O) groups excluding carboxylic acids is 2. The van der Waals surface area contributed by atoms with Crippen LogP contribution in [0.1, 0.15) is 46.5 Å². The molecule has 1 aliphatic rings. The van der Waals surface area contributed by atoms with Gasteiger partial charge in [0.05, 0.1) is 0 Å². The zero-order valence-electron chi connectivity index (χ0n) is 19.8. The molecule has 1 saturated heterocycles. The number of aliphatic carboxylic acids is 1. The maximum atomic E-state index is 11.6. The van der Waals surface area contributed by atoms with E-state index in [1.807, 2.05) is 4.90 Å². The standard InChI is InChI=1S/C12H25NO6SSi.C8H15NO/c1-10(12(16)13-8-11(14)15)9-20-6-5-7-21(17-2,18-3)19-4;1-3-7(2)9-6-4-5-8(9)10/h10H,5-9H2,1-4H3,(H,13,16)(H,14,15);7H,3-6H2,1-2H3. The lowest BCUT2D eigenvalue weighted by atomic mass is 10.2. The Hall–Kier alpha value is -1.14. The zero-order chi connectivity index (χ0) is 23.9.